The van der Waals surface area contributed by atoms with Gasteiger partial charge >= 0.3 is 0 Å². The van der Waals surface area contributed by atoms with Crippen LogP contribution in [-0.4, -0.2) is 43.7 Å². The van der Waals surface area contributed by atoms with E-state index in [4.69, 9.17) is 4.74 Å². The summed E-state index contributed by atoms with van der Waals surface area (Å²) in [5, 5.41) is 5.37. The number of hydrogen-bond donors (Lipinski definition) is 1. The van der Waals surface area contributed by atoms with Crippen molar-refractivity contribution >= 4 is 17.2 Å². The Morgan fingerprint density at radius 2 is 2.50 bits per heavy atom. The number of amides is 1. The van der Waals surface area contributed by atoms with Crippen LogP contribution < -0.4 is 5.32 Å². The van der Waals surface area contributed by atoms with Crippen LogP contribution in [0.25, 0.3) is 0 Å². The predicted octanol–water partition coefficient (Wildman–Crippen LogP) is 1.39. The molecule has 100 valence electrons. The maximum absolute atomic E-state index is 12.1. The molecule has 1 aromatic heterocycles. The first-order valence-electron chi connectivity index (χ1n) is 6.25. The van der Waals surface area contributed by atoms with E-state index in [9.17, 15) is 4.79 Å². The minimum Gasteiger partial charge on any atom is -0.378 e. The van der Waals surface area contributed by atoms with Crippen LogP contribution in [0, 0.1) is 6.92 Å². The number of hydrogen-bond acceptors (Lipinski definition) is 4. The Morgan fingerprint density at radius 1 is 1.67 bits per heavy atom. The molecule has 1 atom stereocenters. The fourth-order valence-electron chi connectivity index (χ4n) is 1.99. The van der Waals surface area contributed by atoms with E-state index in [1.807, 2.05) is 7.05 Å². The highest BCUT2D eigenvalue weighted by Gasteiger charge is 2.19. The number of rotatable bonds is 4. The van der Waals surface area contributed by atoms with E-state index < -0.39 is 0 Å². The Labute approximate surface area is 112 Å². The minimum absolute atomic E-state index is 0.165. The summed E-state index contributed by atoms with van der Waals surface area (Å²) in [4.78, 5) is 15.1. The van der Waals surface area contributed by atoms with Crippen LogP contribution in [0.1, 0.15) is 16.9 Å². The molecule has 1 N–H and O–H groups in total. The molecule has 1 aliphatic rings. The van der Waals surface area contributed by atoms with Crippen LogP contribution in [0.2, 0.25) is 0 Å². The Morgan fingerprint density at radius 3 is 3.11 bits per heavy atom. The van der Waals surface area contributed by atoms with Gasteiger partial charge in [-0.2, -0.15) is 0 Å². The van der Waals surface area contributed by atoms with Crippen LogP contribution >= 0.6 is 11.3 Å². The number of morpholine rings is 1. The standard InChI is InChI=1S/C13H20N2O2S/c1-10-3-6-18-12(10)8-15(2)13(16)7-11-9-17-5-4-14-11/h3,6,11,14H,4-5,7-9H2,1-2H3. The summed E-state index contributed by atoms with van der Waals surface area (Å²) >= 11 is 1.71. The van der Waals surface area contributed by atoms with E-state index in [1.54, 1.807) is 16.2 Å². The van der Waals surface area contributed by atoms with Gasteiger partial charge in [0.2, 0.25) is 5.91 Å². The van der Waals surface area contributed by atoms with Crippen molar-refractivity contribution in [3.63, 3.8) is 0 Å². The third-order valence-corrected chi connectivity index (χ3v) is 4.20. The van der Waals surface area contributed by atoms with Crippen LogP contribution in [0.4, 0.5) is 0 Å². The Kier molecular flexibility index (Phi) is 4.74. The number of nitrogens with zero attached hydrogens (tertiary/aromatic N) is 1. The molecule has 1 saturated heterocycles. The summed E-state index contributed by atoms with van der Waals surface area (Å²) in [7, 11) is 1.87. The molecule has 1 aromatic rings. The van der Waals surface area contributed by atoms with E-state index in [0.29, 0.717) is 19.6 Å². The minimum atomic E-state index is 0.165. The largest absolute Gasteiger partial charge is 0.378 e. The Bertz CT molecular complexity index is 399. The van der Waals surface area contributed by atoms with Gasteiger partial charge in [-0.3, -0.25) is 4.79 Å². The predicted molar refractivity (Wildman–Crippen MR) is 72.8 cm³/mol. The second-order valence-electron chi connectivity index (χ2n) is 4.71. The van der Waals surface area contributed by atoms with Crippen molar-refractivity contribution in [3.05, 3.63) is 21.9 Å². The third kappa shape index (κ3) is 3.54. The quantitative estimate of drug-likeness (QED) is 0.897. The first kappa shape index (κ1) is 13.5. The molecule has 0 saturated carbocycles. The molecule has 0 spiro atoms. The SMILES string of the molecule is Cc1ccsc1CN(C)C(=O)CC1COCCN1. The molecule has 0 radical (unpaired) electrons. The lowest BCUT2D eigenvalue weighted by molar-refractivity contribution is -0.131. The Balaban J connectivity index is 1.83. The highest BCUT2D eigenvalue weighted by atomic mass is 32.1. The van der Waals surface area contributed by atoms with Crippen molar-refractivity contribution < 1.29 is 9.53 Å². The van der Waals surface area contributed by atoms with E-state index >= 15 is 0 Å². The van der Waals surface area contributed by atoms with Gasteiger partial charge in [0.1, 0.15) is 0 Å². The summed E-state index contributed by atoms with van der Waals surface area (Å²) in [5.41, 5.74) is 1.26. The average molecular weight is 268 g/mol. The molecular weight excluding hydrogens is 248 g/mol. The number of ether oxygens (including phenoxy) is 1. The summed E-state index contributed by atoms with van der Waals surface area (Å²) < 4.78 is 5.36. The van der Waals surface area contributed by atoms with Crippen molar-refractivity contribution in [2.45, 2.75) is 25.9 Å². The van der Waals surface area contributed by atoms with E-state index in [0.717, 1.165) is 13.2 Å². The molecule has 0 bridgehead atoms. The molecule has 0 aliphatic carbocycles. The molecule has 1 amide bonds. The van der Waals surface area contributed by atoms with Crippen molar-refractivity contribution in [1.82, 2.24) is 10.2 Å². The average Bonchev–Trinajstić information content (AvgIpc) is 2.76. The number of nitrogens with one attached hydrogen (secondary N) is 1. The number of carbonyl (C=O) groups is 1. The molecule has 1 fully saturated rings. The molecule has 2 heterocycles. The van der Waals surface area contributed by atoms with Crippen molar-refractivity contribution in [2.24, 2.45) is 0 Å². The first-order chi connectivity index (χ1) is 8.66. The first-order valence-corrected chi connectivity index (χ1v) is 7.13. The molecule has 1 aliphatic heterocycles. The maximum atomic E-state index is 12.1. The summed E-state index contributed by atoms with van der Waals surface area (Å²) in [6.07, 6.45) is 0.515. The lowest BCUT2D eigenvalue weighted by atomic mass is 10.2. The molecule has 5 heteroatoms. The van der Waals surface area contributed by atoms with Crippen molar-refractivity contribution in [3.8, 4) is 0 Å². The molecular formula is C13H20N2O2S. The summed E-state index contributed by atoms with van der Waals surface area (Å²) in [6, 6.07) is 2.26. The van der Waals surface area contributed by atoms with Gasteiger partial charge in [0.25, 0.3) is 0 Å². The van der Waals surface area contributed by atoms with Gasteiger partial charge in [-0.15, -0.1) is 11.3 Å². The zero-order chi connectivity index (χ0) is 13.0. The fourth-order valence-corrected chi connectivity index (χ4v) is 2.95. The van der Waals surface area contributed by atoms with Crippen LogP contribution in [0.15, 0.2) is 11.4 Å². The van der Waals surface area contributed by atoms with Crippen LogP contribution in [0.5, 0.6) is 0 Å². The van der Waals surface area contributed by atoms with E-state index in [-0.39, 0.29) is 11.9 Å². The van der Waals surface area contributed by atoms with Gasteiger partial charge in [-0.25, -0.2) is 0 Å². The lowest BCUT2D eigenvalue weighted by Crippen LogP contribution is -2.44. The maximum Gasteiger partial charge on any atom is 0.224 e. The number of aryl methyl sites for hydroxylation is 1. The molecule has 4 nitrogen and oxygen atoms in total. The molecule has 1 unspecified atom stereocenters. The number of carbonyl (C=O) groups excluding carboxylic acids is 1. The molecule has 18 heavy (non-hydrogen) atoms. The van der Waals surface area contributed by atoms with Gasteiger partial charge in [0.05, 0.1) is 19.8 Å². The zero-order valence-electron chi connectivity index (χ0n) is 10.9. The highest BCUT2D eigenvalue weighted by Crippen LogP contribution is 2.17. The topological polar surface area (TPSA) is 41.6 Å². The second kappa shape index (κ2) is 6.31. The van der Waals surface area contributed by atoms with E-state index in [2.05, 4.69) is 23.7 Å². The van der Waals surface area contributed by atoms with Gasteiger partial charge in [0.15, 0.2) is 0 Å². The molecule has 0 aromatic carbocycles. The highest BCUT2D eigenvalue weighted by molar-refractivity contribution is 7.10. The lowest BCUT2D eigenvalue weighted by Gasteiger charge is -2.25. The second-order valence-corrected chi connectivity index (χ2v) is 5.71. The fraction of sp³-hybridized carbons (Fsp3) is 0.615. The summed E-state index contributed by atoms with van der Waals surface area (Å²) in [6.45, 7) is 5.01. The van der Waals surface area contributed by atoms with Gasteiger partial charge in [-0.1, -0.05) is 0 Å². The van der Waals surface area contributed by atoms with Crippen molar-refractivity contribution in [1.29, 1.82) is 0 Å². The van der Waals surface area contributed by atoms with E-state index in [1.165, 1.54) is 10.4 Å². The monoisotopic (exact) mass is 268 g/mol. The zero-order valence-corrected chi connectivity index (χ0v) is 11.8. The third-order valence-electron chi connectivity index (χ3n) is 3.19. The van der Waals surface area contributed by atoms with Crippen LogP contribution in [-0.2, 0) is 16.1 Å². The van der Waals surface area contributed by atoms with Crippen molar-refractivity contribution in [2.75, 3.05) is 26.8 Å². The molecule has 2 rings (SSSR count). The number of thiophene rings is 1. The smallest absolute Gasteiger partial charge is 0.224 e. The summed E-state index contributed by atoms with van der Waals surface area (Å²) in [5.74, 6) is 0.172. The normalized spacial score (nSPS) is 19.8. The Hall–Kier alpha value is -0.910. The van der Waals surface area contributed by atoms with Gasteiger partial charge in [-0.05, 0) is 23.9 Å². The van der Waals surface area contributed by atoms with Gasteiger partial charge in [0, 0.05) is 30.9 Å². The van der Waals surface area contributed by atoms with Crippen LogP contribution in [0.3, 0.4) is 0 Å². The van der Waals surface area contributed by atoms with Gasteiger partial charge < -0.3 is 15.0 Å².